The van der Waals surface area contributed by atoms with Crippen molar-refractivity contribution < 1.29 is 0 Å². The molecular formula is C10H8Br2N2. The van der Waals surface area contributed by atoms with E-state index in [9.17, 15) is 0 Å². The quantitative estimate of drug-likeness (QED) is 0.806. The molecule has 2 heterocycles. The Bertz CT molecular complexity index is 382. The van der Waals surface area contributed by atoms with Gasteiger partial charge in [0.2, 0.25) is 0 Å². The number of aromatic nitrogens is 1. The van der Waals surface area contributed by atoms with E-state index in [-0.39, 0.29) is 3.23 Å². The Morgan fingerprint density at radius 3 is 2.79 bits per heavy atom. The maximum absolute atomic E-state index is 4.26. The Morgan fingerprint density at radius 2 is 2.14 bits per heavy atom. The minimum atomic E-state index is -0.266. The summed E-state index contributed by atoms with van der Waals surface area (Å²) in [4.78, 5) is 4.26. The first kappa shape index (κ1) is 9.93. The third-order valence-corrected chi connectivity index (χ3v) is 2.81. The molecule has 0 atom stereocenters. The first-order chi connectivity index (χ1) is 6.67. The van der Waals surface area contributed by atoms with Crippen LogP contribution in [0, 0.1) is 0 Å². The number of nitrogens with one attached hydrogen (secondary N) is 1. The average Bonchev–Trinajstić information content (AvgIpc) is 2.18. The number of rotatable bonds is 1. The van der Waals surface area contributed by atoms with Crippen LogP contribution in [0.15, 0.2) is 42.7 Å². The van der Waals surface area contributed by atoms with E-state index in [0.29, 0.717) is 0 Å². The standard InChI is InChI=1S/C10H8Br2N2/c11-10(12)4-6-14-9(7-10)8-3-1-2-5-13-8/h1-7,14H. The van der Waals surface area contributed by atoms with Crippen molar-refractivity contribution in [3.05, 3.63) is 48.4 Å². The van der Waals surface area contributed by atoms with E-state index >= 15 is 0 Å². The number of hydrogen-bond donors (Lipinski definition) is 1. The SMILES string of the molecule is BrC1(Br)C=CNC(c2ccccn2)=C1. The fourth-order valence-corrected chi connectivity index (χ4v) is 1.92. The topological polar surface area (TPSA) is 24.9 Å². The first-order valence-electron chi connectivity index (χ1n) is 4.14. The number of hydrogen-bond acceptors (Lipinski definition) is 2. The Hall–Kier alpha value is -0.610. The molecule has 14 heavy (non-hydrogen) atoms. The second-order valence-electron chi connectivity index (χ2n) is 2.93. The van der Waals surface area contributed by atoms with Crippen molar-refractivity contribution in [3.8, 4) is 0 Å². The lowest BCUT2D eigenvalue weighted by Crippen LogP contribution is -2.17. The molecule has 0 aliphatic carbocycles. The van der Waals surface area contributed by atoms with E-state index in [4.69, 9.17) is 0 Å². The summed E-state index contributed by atoms with van der Waals surface area (Å²) in [6, 6.07) is 5.83. The zero-order chi connectivity index (χ0) is 10.0. The van der Waals surface area contributed by atoms with Crippen molar-refractivity contribution in [1.82, 2.24) is 10.3 Å². The van der Waals surface area contributed by atoms with Crippen LogP contribution in [0.1, 0.15) is 5.69 Å². The van der Waals surface area contributed by atoms with Crippen LogP contribution >= 0.6 is 31.9 Å². The van der Waals surface area contributed by atoms with Crippen LogP contribution in [-0.4, -0.2) is 8.22 Å². The van der Waals surface area contributed by atoms with Crippen LogP contribution in [0.3, 0.4) is 0 Å². The summed E-state index contributed by atoms with van der Waals surface area (Å²) in [5.74, 6) is 0. The Morgan fingerprint density at radius 1 is 1.29 bits per heavy atom. The number of alkyl halides is 2. The molecule has 2 rings (SSSR count). The summed E-state index contributed by atoms with van der Waals surface area (Å²) in [5.41, 5.74) is 1.92. The monoisotopic (exact) mass is 314 g/mol. The molecule has 1 aromatic rings. The van der Waals surface area contributed by atoms with Gasteiger partial charge in [-0.25, -0.2) is 0 Å². The van der Waals surface area contributed by atoms with Gasteiger partial charge in [-0.1, -0.05) is 37.9 Å². The Kier molecular flexibility index (Phi) is 2.74. The Labute approximate surface area is 99.4 Å². The highest BCUT2D eigenvalue weighted by atomic mass is 79.9. The number of dihydropyridines is 1. The number of allylic oxidation sites excluding steroid dienone is 2. The normalized spacial score (nSPS) is 18.6. The van der Waals surface area contributed by atoms with E-state index in [1.807, 2.05) is 36.6 Å². The third-order valence-electron chi connectivity index (χ3n) is 1.82. The molecule has 0 radical (unpaired) electrons. The van der Waals surface area contributed by atoms with Gasteiger partial charge in [-0.2, -0.15) is 0 Å². The molecule has 2 nitrogen and oxygen atoms in total. The second kappa shape index (κ2) is 3.87. The van der Waals surface area contributed by atoms with Crippen molar-refractivity contribution in [3.63, 3.8) is 0 Å². The maximum atomic E-state index is 4.26. The molecule has 72 valence electrons. The van der Waals surface area contributed by atoms with Gasteiger partial charge in [-0.15, -0.1) is 0 Å². The third kappa shape index (κ3) is 2.25. The molecule has 0 unspecified atom stereocenters. The predicted molar refractivity (Wildman–Crippen MR) is 65.1 cm³/mol. The maximum Gasteiger partial charge on any atom is 0.120 e. The zero-order valence-corrected chi connectivity index (χ0v) is 10.4. The highest BCUT2D eigenvalue weighted by molar-refractivity contribution is 9.25. The largest absolute Gasteiger partial charge is 0.360 e. The van der Waals surface area contributed by atoms with Crippen LogP contribution in [-0.2, 0) is 0 Å². The lowest BCUT2D eigenvalue weighted by Gasteiger charge is -2.19. The summed E-state index contributed by atoms with van der Waals surface area (Å²) in [6.07, 6.45) is 7.66. The van der Waals surface area contributed by atoms with Gasteiger partial charge >= 0.3 is 0 Å². The fourth-order valence-electron chi connectivity index (χ4n) is 1.19. The van der Waals surface area contributed by atoms with Crippen molar-refractivity contribution in [2.75, 3.05) is 0 Å². The molecule has 0 saturated heterocycles. The van der Waals surface area contributed by atoms with Gasteiger partial charge in [0, 0.05) is 6.20 Å². The molecule has 0 aromatic carbocycles. The molecule has 0 bridgehead atoms. The highest BCUT2D eigenvalue weighted by Gasteiger charge is 2.20. The van der Waals surface area contributed by atoms with Gasteiger partial charge in [0.25, 0.3) is 0 Å². The van der Waals surface area contributed by atoms with Crippen molar-refractivity contribution in [2.24, 2.45) is 0 Å². The number of halogens is 2. The molecule has 0 amide bonds. The minimum absolute atomic E-state index is 0.266. The molecule has 1 aliphatic rings. The van der Waals surface area contributed by atoms with E-state index in [0.717, 1.165) is 11.4 Å². The summed E-state index contributed by atoms with van der Waals surface area (Å²) >= 11 is 7.03. The molecular weight excluding hydrogens is 308 g/mol. The molecule has 0 spiro atoms. The average molecular weight is 316 g/mol. The van der Waals surface area contributed by atoms with Crippen LogP contribution in [0.5, 0.6) is 0 Å². The smallest absolute Gasteiger partial charge is 0.120 e. The van der Waals surface area contributed by atoms with Crippen molar-refractivity contribution in [1.29, 1.82) is 0 Å². The Balaban J connectivity index is 2.33. The van der Waals surface area contributed by atoms with E-state index < -0.39 is 0 Å². The van der Waals surface area contributed by atoms with Gasteiger partial charge in [-0.3, -0.25) is 4.98 Å². The highest BCUT2D eigenvalue weighted by Crippen LogP contribution is 2.33. The van der Waals surface area contributed by atoms with Gasteiger partial charge in [0.1, 0.15) is 3.23 Å². The summed E-state index contributed by atoms with van der Waals surface area (Å²) in [7, 11) is 0. The van der Waals surface area contributed by atoms with Crippen LogP contribution < -0.4 is 5.32 Å². The van der Waals surface area contributed by atoms with Crippen molar-refractivity contribution in [2.45, 2.75) is 3.23 Å². The lowest BCUT2D eigenvalue weighted by atomic mass is 10.2. The zero-order valence-electron chi connectivity index (χ0n) is 7.24. The second-order valence-corrected chi connectivity index (χ2v) is 6.61. The number of pyridine rings is 1. The molecule has 1 aromatic heterocycles. The summed E-state index contributed by atoms with van der Waals surface area (Å²) < 4.78 is -0.266. The number of nitrogens with zero attached hydrogens (tertiary/aromatic N) is 1. The van der Waals surface area contributed by atoms with Crippen LogP contribution in [0.25, 0.3) is 5.70 Å². The molecule has 0 saturated carbocycles. The molecule has 1 N–H and O–H groups in total. The fraction of sp³-hybridized carbons (Fsp3) is 0.100. The van der Waals surface area contributed by atoms with Crippen LogP contribution in [0.2, 0.25) is 0 Å². The van der Waals surface area contributed by atoms with Gasteiger partial charge < -0.3 is 5.32 Å². The van der Waals surface area contributed by atoms with Crippen molar-refractivity contribution >= 4 is 37.6 Å². The van der Waals surface area contributed by atoms with E-state index in [2.05, 4.69) is 42.2 Å². The van der Waals surface area contributed by atoms with E-state index in [1.54, 1.807) is 6.20 Å². The molecule has 0 fully saturated rings. The van der Waals surface area contributed by atoms with Gasteiger partial charge in [0.05, 0.1) is 11.4 Å². The van der Waals surface area contributed by atoms with Gasteiger partial charge in [0.15, 0.2) is 0 Å². The lowest BCUT2D eigenvalue weighted by molar-refractivity contribution is 1.10. The predicted octanol–water partition coefficient (Wildman–Crippen LogP) is 3.03. The molecule has 4 heteroatoms. The summed E-state index contributed by atoms with van der Waals surface area (Å²) in [6.45, 7) is 0. The van der Waals surface area contributed by atoms with Gasteiger partial charge in [-0.05, 0) is 30.5 Å². The van der Waals surface area contributed by atoms with E-state index in [1.165, 1.54) is 0 Å². The minimum Gasteiger partial charge on any atom is -0.360 e. The summed E-state index contributed by atoms with van der Waals surface area (Å²) in [5, 5.41) is 3.15. The first-order valence-corrected chi connectivity index (χ1v) is 5.72. The van der Waals surface area contributed by atoms with Crippen LogP contribution in [0.4, 0.5) is 0 Å². The molecule has 1 aliphatic heterocycles.